The summed E-state index contributed by atoms with van der Waals surface area (Å²) in [5.41, 5.74) is 4.39. The van der Waals surface area contributed by atoms with Crippen molar-refractivity contribution in [2.24, 2.45) is 0 Å². The predicted octanol–water partition coefficient (Wildman–Crippen LogP) is 1.42. The van der Waals surface area contributed by atoms with Crippen LogP contribution in [0.3, 0.4) is 0 Å². The molecule has 0 spiro atoms. The van der Waals surface area contributed by atoms with Crippen LogP contribution in [0.25, 0.3) is 0 Å². The number of nitrogens with zero attached hydrogens (tertiary/aromatic N) is 1. The van der Waals surface area contributed by atoms with Crippen molar-refractivity contribution in [2.45, 2.75) is 6.43 Å². The Morgan fingerprint density at radius 3 is 2.71 bits per heavy atom. The van der Waals surface area contributed by atoms with E-state index in [0.29, 0.717) is 0 Å². The van der Waals surface area contributed by atoms with Gasteiger partial charge in [-0.2, -0.15) is 0 Å². The number of rotatable bonds is 3. The minimum absolute atomic E-state index is 0.0869. The van der Waals surface area contributed by atoms with Crippen LogP contribution in [0.4, 0.5) is 14.5 Å². The number of pyridine rings is 1. The largest absolute Gasteiger partial charge is 0.481 e. The van der Waals surface area contributed by atoms with Crippen molar-refractivity contribution in [3.63, 3.8) is 0 Å². The second kappa shape index (κ2) is 3.99. The number of nitrogens with two attached hydrogens (primary N) is 1. The van der Waals surface area contributed by atoms with Crippen molar-refractivity contribution in [1.82, 2.24) is 4.98 Å². The van der Waals surface area contributed by atoms with Gasteiger partial charge in [0.25, 0.3) is 6.43 Å². The van der Waals surface area contributed by atoms with Crippen LogP contribution >= 0.6 is 0 Å². The summed E-state index contributed by atoms with van der Waals surface area (Å²) in [4.78, 5) is 14.1. The fourth-order valence-corrected chi connectivity index (χ4v) is 1.04. The van der Waals surface area contributed by atoms with Gasteiger partial charge < -0.3 is 10.5 Å². The lowest BCUT2D eigenvalue weighted by atomic mass is 10.1. The molecule has 0 unspecified atom stereocenters. The highest BCUT2D eigenvalue weighted by molar-refractivity contribution is 5.86. The highest BCUT2D eigenvalue weighted by Crippen LogP contribution is 2.32. The van der Waals surface area contributed by atoms with Crippen LogP contribution in [0, 0.1) is 0 Å². The van der Waals surface area contributed by atoms with Gasteiger partial charge in [-0.05, 0) is 0 Å². The van der Waals surface area contributed by atoms with Crippen molar-refractivity contribution in [1.29, 1.82) is 0 Å². The number of nitrogen functional groups attached to an aromatic ring is 1. The molecule has 0 amide bonds. The van der Waals surface area contributed by atoms with Crippen LogP contribution in [0.2, 0.25) is 0 Å². The van der Waals surface area contributed by atoms with Gasteiger partial charge in [0.2, 0.25) is 5.88 Å². The third-order valence-electron chi connectivity index (χ3n) is 1.68. The number of aldehydes is 1. The van der Waals surface area contributed by atoms with E-state index in [4.69, 9.17) is 5.73 Å². The molecule has 6 heteroatoms. The minimum Gasteiger partial charge on any atom is -0.481 e. The van der Waals surface area contributed by atoms with Gasteiger partial charge in [0.15, 0.2) is 6.29 Å². The number of hydrogen-bond acceptors (Lipinski definition) is 4. The third-order valence-corrected chi connectivity index (χ3v) is 1.68. The highest BCUT2D eigenvalue weighted by Gasteiger charge is 2.21. The average molecular weight is 202 g/mol. The maximum atomic E-state index is 12.5. The number of alkyl halides is 2. The van der Waals surface area contributed by atoms with E-state index < -0.39 is 12.0 Å². The highest BCUT2D eigenvalue weighted by atomic mass is 19.3. The standard InChI is InChI=1S/C8H8F2N2O2/c1-14-8-6(7(9)10)4(3-13)5(11)2-12-8/h2-3,7H,11H2,1H3. The first-order chi connectivity index (χ1) is 6.61. The number of methoxy groups -OCH3 is 1. The van der Waals surface area contributed by atoms with E-state index in [1.54, 1.807) is 0 Å². The first kappa shape index (κ1) is 10.4. The van der Waals surface area contributed by atoms with Crippen molar-refractivity contribution in [3.8, 4) is 5.88 Å². The molecule has 1 rings (SSSR count). The predicted molar refractivity (Wildman–Crippen MR) is 45.5 cm³/mol. The molecule has 4 nitrogen and oxygen atoms in total. The number of anilines is 1. The smallest absolute Gasteiger partial charge is 0.269 e. The van der Waals surface area contributed by atoms with Crippen molar-refractivity contribution in [3.05, 3.63) is 17.3 Å². The van der Waals surface area contributed by atoms with E-state index in [1.165, 1.54) is 7.11 Å². The van der Waals surface area contributed by atoms with Crippen molar-refractivity contribution in [2.75, 3.05) is 12.8 Å². The third kappa shape index (κ3) is 1.63. The van der Waals surface area contributed by atoms with Gasteiger partial charge >= 0.3 is 0 Å². The molecule has 14 heavy (non-hydrogen) atoms. The lowest BCUT2D eigenvalue weighted by Gasteiger charge is -2.10. The molecule has 0 aliphatic heterocycles. The van der Waals surface area contributed by atoms with Gasteiger partial charge in [-0.25, -0.2) is 13.8 Å². The maximum absolute atomic E-state index is 12.5. The molecule has 0 radical (unpaired) electrons. The first-order valence-corrected chi connectivity index (χ1v) is 3.67. The Hall–Kier alpha value is -1.72. The zero-order valence-electron chi connectivity index (χ0n) is 7.33. The lowest BCUT2D eigenvalue weighted by Crippen LogP contribution is -2.04. The SMILES string of the molecule is COc1ncc(N)c(C=O)c1C(F)F. The van der Waals surface area contributed by atoms with Crippen LogP contribution in [-0.4, -0.2) is 18.4 Å². The Labute approximate surface area is 78.7 Å². The molecule has 0 saturated heterocycles. The topological polar surface area (TPSA) is 65.2 Å². The fraction of sp³-hybridized carbons (Fsp3) is 0.250. The molecule has 0 aliphatic carbocycles. The number of carbonyl (C=O) groups excluding carboxylic acids is 1. The Balaban J connectivity index is 3.43. The van der Waals surface area contributed by atoms with Gasteiger partial charge in [0.05, 0.1) is 30.1 Å². The molecule has 0 aromatic carbocycles. The van der Waals surface area contributed by atoms with Crippen molar-refractivity contribution < 1.29 is 18.3 Å². The van der Waals surface area contributed by atoms with Crippen LogP contribution in [0.1, 0.15) is 22.3 Å². The first-order valence-electron chi connectivity index (χ1n) is 3.67. The summed E-state index contributed by atoms with van der Waals surface area (Å²) in [5, 5.41) is 0. The molecular formula is C8H8F2N2O2. The normalized spacial score (nSPS) is 10.3. The second-order valence-electron chi connectivity index (χ2n) is 2.47. The molecule has 0 bridgehead atoms. The zero-order valence-corrected chi connectivity index (χ0v) is 7.33. The zero-order chi connectivity index (χ0) is 10.7. The summed E-state index contributed by atoms with van der Waals surface area (Å²) in [6, 6.07) is 0. The number of aromatic nitrogens is 1. The molecule has 1 heterocycles. The fourth-order valence-electron chi connectivity index (χ4n) is 1.04. The molecular weight excluding hydrogens is 194 g/mol. The summed E-state index contributed by atoms with van der Waals surface area (Å²) in [6.45, 7) is 0. The van der Waals surface area contributed by atoms with E-state index in [0.717, 1.165) is 6.20 Å². The summed E-state index contributed by atoms with van der Waals surface area (Å²) >= 11 is 0. The number of ether oxygens (including phenoxy) is 1. The molecule has 76 valence electrons. The van der Waals surface area contributed by atoms with Crippen LogP contribution in [0.5, 0.6) is 5.88 Å². The van der Waals surface area contributed by atoms with Crippen LogP contribution in [-0.2, 0) is 0 Å². The Bertz CT molecular complexity index is 355. The molecule has 0 fully saturated rings. The van der Waals surface area contributed by atoms with E-state index in [9.17, 15) is 13.6 Å². The summed E-state index contributed by atoms with van der Waals surface area (Å²) in [6.07, 6.45) is -1.48. The van der Waals surface area contributed by atoms with Crippen LogP contribution < -0.4 is 10.5 Å². The molecule has 2 N–H and O–H groups in total. The Morgan fingerprint density at radius 2 is 2.29 bits per heavy atom. The number of hydrogen-bond donors (Lipinski definition) is 1. The van der Waals surface area contributed by atoms with E-state index >= 15 is 0 Å². The number of halogens is 2. The quantitative estimate of drug-likeness (QED) is 0.753. The van der Waals surface area contributed by atoms with Crippen molar-refractivity contribution >= 4 is 12.0 Å². The minimum atomic E-state index is -2.85. The van der Waals surface area contributed by atoms with Gasteiger partial charge in [0, 0.05) is 0 Å². The Kier molecular flexibility index (Phi) is 2.95. The average Bonchev–Trinajstić information content (AvgIpc) is 2.17. The molecule has 0 aliphatic rings. The molecule has 1 aromatic rings. The van der Waals surface area contributed by atoms with Gasteiger partial charge in [0.1, 0.15) is 0 Å². The van der Waals surface area contributed by atoms with Gasteiger partial charge in [-0.3, -0.25) is 4.79 Å². The van der Waals surface area contributed by atoms with E-state index in [-0.39, 0.29) is 23.4 Å². The Morgan fingerprint density at radius 1 is 1.64 bits per heavy atom. The van der Waals surface area contributed by atoms with E-state index in [1.807, 2.05) is 0 Å². The monoisotopic (exact) mass is 202 g/mol. The van der Waals surface area contributed by atoms with Gasteiger partial charge in [-0.15, -0.1) is 0 Å². The maximum Gasteiger partial charge on any atom is 0.269 e. The molecule has 0 saturated carbocycles. The second-order valence-corrected chi connectivity index (χ2v) is 2.47. The van der Waals surface area contributed by atoms with Crippen LogP contribution in [0.15, 0.2) is 6.20 Å². The lowest BCUT2D eigenvalue weighted by molar-refractivity contribution is 0.110. The van der Waals surface area contributed by atoms with Gasteiger partial charge in [-0.1, -0.05) is 0 Å². The summed E-state index contributed by atoms with van der Waals surface area (Å²) in [5.74, 6) is -0.281. The summed E-state index contributed by atoms with van der Waals surface area (Å²) in [7, 11) is 1.19. The molecule has 1 aromatic heterocycles. The summed E-state index contributed by atoms with van der Waals surface area (Å²) < 4.78 is 29.6. The number of carbonyl (C=O) groups is 1. The molecule has 0 atom stereocenters. The van der Waals surface area contributed by atoms with E-state index in [2.05, 4.69) is 9.72 Å².